The first-order valence-electron chi connectivity index (χ1n) is 5.21. The number of carbonyl (C=O) groups is 1. The van der Waals surface area contributed by atoms with Crippen LogP contribution in [0.15, 0.2) is 24.3 Å². The lowest BCUT2D eigenvalue weighted by atomic mass is 9.87. The van der Waals surface area contributed by atoms with Crippen molar-refractivity contribution in [3.8, 4) is 0 Å². The van der Waals surface area contributed by atoms with E-state index in [2.05, 4.69) is 5.32 Å². The number of hydrogen-bond donors (Lipinski definition) is 1. The van der Waals surface area contributed by atoms with Gasteiger partial charge in [0, 0.05) is 6.54 Å². The molecule has 1 aliphatic rings. The summed E-state index contributed by atoms with van der Waals surface area (Å²) in [6, 6.07) is 6.09. The molecule has 0 unspecified atom stereocenters. The lowest BCUT2D eigenvalue weighted by molar-refractivity contribution is -0.157. The molecule has 0 aliphatic carbocycles. The summed E-state index contributed by atoms with van der Waals surface area (Å²) < 4.78 is 17.7. The third kappa shape index (κ3) is 2.22. The second-order valence-electron chi connectivity index (χ2n) is 4.36. The van der Waals surface area contributed by atoms with E-state index in [0.717, 1.165) is 5.56 Å². The summed E-state index contributed by atoms with van der Waals surface area (Å²) in [5, 5.41) is 2.82. The number of carbonyl (C=O) groups excluding carboxylic acids is 1. The van der Waals surface area contributed by atoms with Gasteiger partial charge in [-0.25, -0.2) is 4.39 Å². The molecule has 0 spiro atoms. The first-order valence-corrected chi connectivity index (χ1v) is 5.21. The third-order valence-electron chi connectivity index (χ3n) is 2.76. The van der Waals surface area contributed by atoms with Crippen molar-refractivity contribution in [2.45, 2.75) is 13.5 Å². The second-order valence-corrected chi connectivity index (χ2v) is 4.36. The van der Waals surface area contributed by atoms with Crippen molar-refractivity contribution < 1.29 is 13.9 Å². The zero-order chi connectivity index (χ0) is 11.6. The fourth-order valence-electron chi connectivity index (χ4n) is 1.54. The molecule has 0 saturated carbocycles. The molecular weight excluding hydrogens is 209 g/mol. The standard InChI is InChI=1S/C12H14FNO2/c1-12(7-16-8-12)11(15)14-6-9-2-4-10(13)5-3-9/h2-5H,6-8H2,1H3,(H,14,15). The molecule has 1 aliphatic heterocycles. The van der Waals surface area contributed by atoms with Crippen molar-refractivity contribution in [3.63, 3.8) is 0 Å². The van der Waals surface area contributed by atoms with Crippen LogP contribution in [-0.2, 0) is 16.1 Å². The van der Waals surface area contributed by atoms with Crippen LogP contribution in [0, 0.1) is 11.2 Å². The Morgan fingerprint density at radius 3 is 2.56 bits per heavy atom. The Hall–Kier alpha value is -1.42. The summed E-state index contributed by atoms with van der Waals surface area (Å²) in [4.78, 5) is 11.7. The van der Waals surface area contributed by atoms with Gasteiger partial charge in [-0.1, -0.05) is 12.1 Å². The van der Waals surface area contributed by atoms with E-state index in [1.807, 2.05) is 6.92 Å². The Morgan fingerprint density at radius 2 is 2.06 bits per heavy atom. The second kappa shape index (κ2) is 4.22. The quantitative estimate of drug-likeness (QED) is 0.842. The zero-order valence-electron chi connectivity index (χ0n) is 9.13. The summed E-state index contributed by atoms with van der Waals surface area (Å²) in [7, 11) is 0. The molecule has 4 heteroatoms. The average Bonchev–Trinajstić information content (AvgIpc) is 2.24. The Morgan fingerprint density at radius 1 is 1.44 bits per heavy atom. The van der Waals surface area contributed by atoms with Crippen LogP contribution >= 0.6 is 0 Å². The Labute approximate surface area is 93.6 Å². The molecule has 0 bridgehead atoms. The van der Waals surface area contributed by atoms with Gasteiger partial charge in [0.1, 0.15) is 5.82 Å². The summed E-state index contributed by atoms with van der Waals surface area (Å²) in [6.45, 7) is 3.25. The number of ether oxygens (including phenoxy) is 1. The molecule has 3 nitrogen and oxygen atoms in total. The highest BCUT2D eigenvalue weighted by Crippen LogP contribution is 2.26. The molecule has 1 heterocycles. The van der Waals surface area contributed by atoms with Gasteiger partial charge in [-0.15, -0.1) is 0 Å². The van der Waals surface area contributed by atoms with E-state index < -0.39 is 0 Å². The predicted octanol–water partition coefficient (Wildman–Crippen LogP) is 1.48. The first-order chi connectivity index (χ1) is 7.60. The van der Waals surface area contributed by atoms with Crippen LogP contribution in [0.2, 0.25) is 0 Å². The van der Waals surface area contributed by atoms with Gasteiger partial charge in [-0.3, -0.25) is 4.79 Å². The first kappa shape index (κ1) is 11.1. The van der Waals surface area contributed by atoms with E-state index in [1.54, 1.807) is 12.1 Å². The Bertz CT molecular complexity index is 385. The largest absolute Gasteiger partial charge is 0.379 e. The molecule has 1 saturated heterocycles. The molecule has 0 radical (unpaired) electrons. The van der Waals surface area contributed by atoms with E-state index in [1.165, 1.54) is 12.1 Å². The van der Waals surface area contributed by atoms with Gasteiger partial charge in [0.15, 0.2) is 0 Å². The smallest absolute Gasteiger partial charge is 0.230 e. The minimum Gasteiger partial charge on any atom is -0.379 e. The van der Waals surface area contributed by atoms with Gasteiger partial charge in [-0.05, 0) is 24.6 Å². The van der Waals surface area contributed by atoms with Crippen LogP contribution in [0.25, 0.3) is 0 Å². The van der Waals surface area contributed by atoms with Crippen molar-refractivity contribution in [2.24, 2.45) is 5.41 Å². The van der Waals surface area contributed by atoms with E-state index >= 15 is 0 Å². The van der Waals surface area contributed by atoms with Gasteiger partial charge >= 0.3 is 0 Å². The molecule has 1 N–H and O–H groups in total. The van der Waals surface area contributed by atoms with Crippen molar-refractivity contribution in [3.05, 3.63) is 35.6 Å². The SMILES string of the molecule is CC1(C(=O)NCc2ccc(F)cc2)COC1. The summed E-state index contributed by atoms with van der Waals surface area (Å²) in [6.07, 6.45) is 0. The van der Waals surface area contributed by atoms with Crippen molar-refractivity contribution in [1.82, 2.24) is 5.32 Å². The van der Waals surface area contributed by atoms with Crippen molar-refractivity contribution in [1.29, 1.82) is 0 Å². The maximum absolute atomic E-state index is 12.6. The van der Waals surface area contributed by atoms with Crippen molar-refractivity contribution >= 4 is 5.91 Å². The summed E-state index contributed by atoms with van der Waals surface area (Å²) in [5.41, 5.74) is 0.499. The van der Waals surface area contributed by atoms with E-state index in [0.29, 0.717) is 19.8 Å². The van der Waals surface area contributed by atoms with Crippen LogP contribution in [-0.4, -0.2) is 19.1 Å². The number of benzene rings is 1. The fraction of sp³-hybridized carbons (Fsp3) is 0.417. The summed E-state index contributed by atoms with van der Waals surface area (Å²) >= 11 is 0. The number of rotatable bonds is 3. The maximum atomic E-state index is 12.6. The van der Waals surface area contributed by atoms with E-state index in [9.17, 15) is 9.18 Å². The van der Waals surface area contributed by atoms with E-state index in [-0.39, 0.29) is 17.1 Å². The van der Waals surface area contributed by atoms with Crippen LogP contribution in [0.4, 0.5) is 4.39 Å². The van der Waals surface area contributed by atoms with E-state index in [4.69, 9.17) is 4.74 Å². The highest BCUT2D eigenvalue weighted by atomic mass is 19.1. The van der Waals surface area contributed by atoms with Crippen LogP contribution < -0.4 is 5.32 Å². The molecule has 0 aromatic heterocycles. The number of nitrogens with one attached hydrogen (secondary N) is 1. The molecule has 86 valence electrons. The highest BCUT2D eigenvalue weighted by molar-refractivity contribution is 5.83. The molecule has 1 aromatic rings. The minimum atomic E-state index is -0.389. The number of halogens is 1. The van der Waals surface area contributed by atoms with Crippen LogP contribution in [0.3, 0.4) is 0 Å². The molecular formula is C12H14FNO2. The Kier molecular flexibility index (Phi) is 2.92. The fourth-order valence-corrected chi connectivity index (χ4v) is 1.54. The predicted molar refractivity (Wildman–Crippen MR) is 57.2 cm³/mol. The molecule has 2 rings (SSSR count). The normalized spacial score (nSPS) is 17.6. The van der Waals surface area contributed by atoms with Gasteiger partial charge in [0.25, 0.3) is 0 Å². The van der Waals surface area contributed by atoms with Crippen molar-refractivity contribution in [2.75, 3.05) is 13.2 Å². The molecule has 1 fully saturated rings. The van der Waals surface area contributed by atoms with Gasteiger partial charge < -0.3 is 10.1 Å². The monoisotopic (exact) mass is 223 g/mol. The topological polar surface area (TPSA) is 38.3 Å². The minimum absolute atomic E-state index is 0.0110. The molecule has 1 aromatic carbocycles. The molecule has 0 atom stereocenters. The lowest BCUT2D eigenvalue weighted by Gasteiger charge is -2.36. The van der Waals surface area contributed by atoms with Gasteiger partial charge in [0.2, 0.25) is 5.91 Å². The number of amides is 1. The number of hydrogen-bond acceptors (Lipinski definition) is 2. The average molecular weight is 223 g/mol. The lowest BCUT2D eigenvalue weighted by Crippen LogP contribution is -2.51. The summed E-state index contributed by atoms with van der Waals surface area (Å²) in [5.74, 6) is -0.280. The molecule has 16 heavy (non-hydrogen) atoms. The molecule has 1 amide bonds. The van der Waals surface area contributed by atoms with Crippen LogP contribution in [0.5, 0.6) is 0 Å². The van der Waals surface area contributed by atoms with Gasteiger partial charge in [0.05, 0.1) is 18.6 Å². The zero-order valence-corrected chi connectivity index (χ0v) is 9.13. The Balaban J connectivity index is 1.87. The highest BCUT2D eigenvalue weighted by Gasteiger charge is 2.40. The maximum Gasteiger partial charge on any atom is 0.230 e. The third-order valence-corrected chi connectivity index (χ3v) is 2.76. The van der Waals surface area contributed by atoms with Gasteiger partial charge in [-0.2, -0.15) is 0 Å². The van der Waals surface area contributed by atoms with Crippen LogP contribution in [0.1, 0.15) is 12.5 Å².